The second kappa shape index (κ2) is 8.53. The maximum Gasteiger partial charge on any atom is 0.312 e. The summed E-state index contributed by atoms with van der Waals surface area (Å²) < 4.78 is 17.2. The summed E-state index contributed by atoms with van der Waals surface area (Å²) in [6.45, 7) is 6.60. The highest BCUT2D eigenvalue weighted by atomic mass is 16.7. The number of ether oxygens (including phenoxy) is 3. The lowest BCUT2D eigenvalue weighted by Crippen LogP contribution is -2.59. The van der Waals surface area contributed by atoms with Gasteiger partial charge in [-0.15, -0.1) is 0 Å². The molecule has 2 saturated carbocycles. The van der Waals surface area contributed by atoms with Crippen molar-refractivity contribution in [2.45, 2.75) is 103 Å². The third kappa shape index (κ3) is 3.68. The zero-order valence-electron chi connectivity index (χ0n) is 20.5. The quantitative estimate of drug-likeness (QED) is 0.346. The summed E-state index contributed by atoms with van der Waals surface area (Å²) in [4.78, 5) is 12.8. The van der Waals surface area contributed by atoms with Crippen LogP contribution in [0, 0.1) is 28.1 Å². The monoisotopic (exact) mass is 480 g/mol. The molecule has 0 radical (unpaired) electrons. The van der Waals surface area contributed by atoms with Crippen molar-refractivity contribution in [2.75, 3.05) is 13.2 Å². The zero-order chi connectivity index (χ0) is 24.5. The molecule has 34 heavy (non-hydrogen) atoms. The predicted molar refractivity (Wildman–Crippen MR) is 121 cm³/mol. The number of aliphatic hydroxyl groups excluding tert-OH is 4. The van der Waals surface area contributed by atoms with Gasteiger partial charge in [0, 0.05) is 5.92 Å². The van der Waals surface area contributed by atoms with E-state index in [0.29, 0.717) is 12.5 Å². The van der Waals surface area contributed by atoms with Gasteiger partial charge in [0.1, 0.15) is 30.5 Å². The van der Waals surface area contributed by atoms with Crippen molar-refractivity contribution in [3.63, 3.8) is 0 Å². The Hall–Kier alpha value is -1.03. The highest BCUT2D eigenvalue weighted by Crippen LogP contribution is 2.66. The van der Waals surface area contributed by atoms with Crippen LogP contribution in [0.5, 0.6) is 0 Å². The summed E-state index contributed by atoms with van der Waals surface area (Å²) in [6.07, 6.45) is 2.78. The Morgan fingerprint density at radius 1 is 1.09 bits per heavy atom. The Bertz CT molecular complexity index is 843. The van der Waals surface area contributed by atoms with Gasteiger partial charge in [0.25, 0.3) is 0 Å². The summed E-state index contributed by atoms with van der Waals surface area (Å²) in [6, 6.07) is 0. The molecule has 0 bridgehead atoms. The minimum absolute atomic E-state index is 0.000240. The van der Waals surface area contributed by atoms with Gasteiger partial charge in [0.15, 0.2) is 6.29 Å². The van der Waals surface area contributed by atoms with Gasteiger partial charge in [-0.2, -0.15) is 0 Å². The van der Waals surface area contributed by atoms with E-state index in [9.17, 15) is 25.2 Å². The van der Waals surface area contributed by atoms with E-state index in [1.54, 1.807) is 0 Å². The molecular formula is C26H40O8. The number of aliphatic hydroxyl groups is 4. The number of hydrogen-bond acceptors (Lipinski definition) is 8. The third-order valence-corrected chi connectivity index (χ3v) is 9.97. The Balaban J connectivity index is 1.26. The number of carbonyl (C=O) groups is 1. The largest absolute Gasteiger partial charge is 0.457 e. The Morgan fingerprint density at radius 2 is 1.85 bits per heavy atom. The van der Waals surface area contributed by atoms with E-state index in [4.69, 9.17) is 14.2 Å². The fourth-order valence-corrected chi connectivity index (χ4v) is 8.05. The van der Waals surface area contributed by atoms with Crippen LogP contribution in [0.1, 0.15) is 65.7 Å². The summed E-state index contributed by atoms with van der Waals surface area (Å²) in [5.41, 5.74) is 1.13. The first-order chi connectivity index (χ1) is 16.0. The lowest BCUT2D eigenvalue weighted by Gasteiger charge is -2.57. The molecule has 0 aromatic rings. The van der Waals surface area contributed by atoms with Crippen molar-refractivity contribution < 1.29 is 39.4 Å². The van der Waals surface area contributed by atoms with Crippen LogP contribution in [0.25, 0.3) is 0 Å². The van der Waals surface area contributed by atoms with Crippen molar-refractivity contribution in [1.82, 2.24) is 0 Å². The summed E-state index contributed by atoms with van der Waals surface area (Å²) in [5.74, 6) is 0.704. The fraction of sp³-hybridized carbons (Fsp3) is 0.885. The third-order valence-electron chi connectivity index (χ3n) is 9.97. The lowest BCUT2D eigenvalue weighted by molar-refractivity contribution is -0.302. The van der Waals surface area contributed by atoms with Gasteiger partial charge < -0.3 is 34.6 Å². The van der Waals surface area contributed by atoms with Gasteiger partial charge >= 0.3 is 5.97 Å². The number of carbonyl (C=O) groups excluding carboxylic acids is 1. The summed E-state index contributed by atoms with van der Waals surface area (Å²) in [5, 5.41) is 39.5. The number of esters is 1. The van der Waals surface area contributed by atoms with E-state index in [2.05, 4.69) is 26.8 Å². The average Bonchev–Trinajstić information content (AvgIpc) is 3.04. The molecule has 11 atom stereocenters. The van der Waals surface area contributed by atoms with Crippen LogP contribution in [0.3, 0.4) is 0 Å². The lowest BCUT2D eigenvalue weighted by atomic mass is 9.45. The van der Waals surface area contributed by atoms with Gasteiger partial charge in [0.2, 0.25) is 0 Å². The Kier molecular flexibility index (Phi) is 6.18. The maximum atomic E-state index is 12.8. The molecule has 2 saturated heterocycles. The van der Waals surface area contributed by atoms with E-state index in [1.807, 2.05) is 0 Å². The Labute approximate surface area is 201 Å². The molecule has 2 aliphatic heterocycles. The first-order valence-electron chi connectivity index (χ1n) is 12.9. The molecular weight excluding hydrogens is 440 g/mol. The van der Waals surface area contributed by atoms with Gasteiger partial charge in [-0.1, -0.05) is 25.8 Å². The molecule has 5 aliphatic rings. The molecule has 0 aromatic carbocycles. The van der Waals surface area contributed by atoms with E-state index in [-0.39, 0.29) is 34.2 Å². The van der Waals surface area contributed by atoms with E-state index < -0.39 is 37.3 Å². The van der Waals surface area contributed by atoms with E-state index >= 15 is 0 Å². The van der Waals surface area contributed by atoms with Gasteiger partial charge in [-0.25, -0.2) is 0 Å². The number of allylic oxidation sites excluding steroid dienone is 1. The maximum absolute atomic E-state index is 12.8. The Morgan fingerprint density at radius 3 is 2.59 bits per heavy atom. The minimum atomic E-state index is -1.43. The van der Waals surface area contributed by atoms with Crippen LogP contribution in [0.4, 0.5) is 0 Å². The van der Waals surface area contributed by atoms with E-state index in [1.165, 1.54) is 5.57 Å². The standard InChI is InChI=1S/C26H40O8/c1-24(9-10-32-22-20(30)19(29)18(28)17(13-27)33-22)8-5-15-14(12-24)11-16-21-25(15,2)6-4-7-26(21,3)23(31)34-16/h11,15-22,27-30H,4-10,12-13H2,1-3H3/t15?,16?,17-,18-,19+,20+,21+,22+,24+,25+,26-/m0/s1. The molecule has 8 heteroatoms. The molecule has 0 aromatic heterocycles. The normalized spacial score (nSPS) is 52.4. The molecule has 2 heterocycles. The van der Waals surface area contributed by atoms with Crippen molar-refractivity contribution in [2.24, 2.45) is 28.1 Å². The SMILES string of the molecule is C[C@]1(CCO[C@@H]2O[C@@H](CO)[C@H](O)[C@@H](O)[C@H]2O)CCC2C(=CC3OC(=O)[C@@]4(C)CCC[C@@]2(C)[C@@H]34)C1. The van der Waals surface area contributed by atoms with E-state index in [0.717, 1.165) is 44.9 Å². The van der Waals surface area contributed by atoms with Crippen molar-refractivity contribution in [3.8, 4) is 0 Å². The van der Waals surface area contributed by atoms with Gasteiger partial charge in [-0.05, 0) is 68.3 Å². The summed E-state index contributed by atoms with van der Waals surface area (Å²) in [7, 11) is 0. The highest BCUT2D eigenvalue weighted by molar-refractivity contribution is 5.80. The minimum Gasteiger partial charge on any atom is -0.457 e. The first-order valence-corrected chi connectivity index (χ1v) is 12.9. The second-order valence-electron chi connectivity index (χ2n) is 12.3. The van der Waals surface area contributed by atoms with Crippen LogP contribution in [0.2, 0.25) is 0 Å². The van der Waals surface area contributed by atoms with Crippen LogP contribution >= 0.6 is 0 Å². The summed E-state index contributed by atoms with van der Waals surface area (Å²) >= 11 is 0. The molecule has 5 rings (SSSR count). The fourth-order valence-electron chi connectivity index (χ4n) is 8.05. The first kappa shape index (κ1) is 24.7. The molecule has 4 fully saturated rings. The highest BCUT2D eigenvalue weighted by Gasteiger charge is 2.66. The van der Waals surface area contributed by atoms with Gasteiger partial charge in [-0.3, -0.25) is 4.79 Å². The van der Waals surface area contributed by atoms with Crippen LogP contribution in [-0.2, 0) is 19.0 Å². The van der Waals surface area contributed by atoms with Crippen molar-refractivity contribution >= 4 is 5.97 Å². The molecule has 0 amide bonds. The topological polar surface area (TPSA) is 126 Å². The second-order valence-corrected chi connectivity index (χ2v) is 12.3. The van der Waals surface area contributed by atoms with Gasteiger partial charge in [0.05, 0.1) is 18.6 Å². The molecule has 4 N–H and O–H groups in total. The van der Waals surface area contributed by atoms with Crippen LogP contribution < -0.4 is 0 Å². The molecule has 192 valence electrons. The van der Waals surface area contributed by atoms with Crippen molar-refractivity contribution in [3.05, 3.63) is 11.6 Å². The molecule has 0 spiro atoms. The predicted octanol–water partition coefficient (Wildman–Crippen LogP) is 1.68. The number of hydrogen-bond donors (Lipinski definition) is 4. The number of rotatable bonds is 5. The smallest absolute Gasteiger partial charge is 0.312 e. The van der Waals surface area contributed by atoms with Crippen molar-refractivity contribution in [1.29, 1.82) is 0 Å². The number of fused-ring (bicyclic) bond motifs is 2. The van der Waals surface area contributed by atoms with Crippen LogP contribution in [0.15, 0.2) is 11.6 Å². The van der Waals surface area contributed by atoms with Crippen LogP contribution in [-0.4, -0.2) is 76.4 Å². The average molecular weight is 481 g/mol. The molecule has 3 aliphatic carbocycles. The molecule has 2 unspecified atom stereocenters. The zero-order valence-corrected chi connectivity index (χ0v) is 20.5. The molecule has 8 nitrogen and oxygen atoms in total.